The van der Waals surface area contributed by atoms with Crippen molar-refractivity contribution in [3.05, 3.63) is 6.33 Å². The topological polar surface area (TPSA) is 76.3 Å². The van der Waals surface area contributed by atoms with E-state index in [2.05, 4.69) is 27.1 Å². The SMILES string of the molecule is CCCOc1ncnc(NC2CCN3CCCCC23)c1N. The van der Waals surface area contributed by atoms with Crippen LogP contribution in [0, 0.1) is 0 Å². The number of anilines is 2. The summed E-state index contributed by atoms with van der Waals surface area (Å²) in [6, 6.07) is 1.05. The van der Waals surface area contributed by atoms with Gasteiger partial charge in [0.05, 0.1) is 6.61 Å². The number of aromatic nitrogens is 2. The summed E-state index contributed by atoms with van der Waals surface area (Å²) in [5, 5.41) is 3.53. The van der Waals surface area contributed by atoms with Gasteiger partial charge in [-0.2, -0.15) is 4.98 Å². The molecule has 6 heteroatoms. The number of ether oxygens (including phenoxy) is 1. The van der Waals surface area contributed by atoms with Gasteiger partial charge in [0.2, 0.25) is 5.88 Å². The van der Waals surface area contributed by atoms with Crippen LogP contribution in [-0.2, 0) is 0 Å². The van der Waals surface area contributed by atoms with Crippen LogP contribution in [0.25, 0.3) is 0 Å². The van der Waals surface area contributed by atoms with Gasteiger partial charge in [-0.25, -0.2) is 4.98 Å². The fraction of sp³-hybridized carbons (Fsp3) is 0.733. The molecule has 1 aromatic heterocycles. The molecule has 0 bridgehead atoms. The summed E-state index contributed by atoms with van der Waals surface area (Å²) >= 11 is 0. The van der Waals surface area contributed by atoms with Crippen molar-refractivity contribution >= 4 is 11.5 Å². The summed E-state index contributed by atoms with van der Waals surface area (Å²) in [5.74, 6) is 1.21. The third kappa shape index (κ3) is 3.05. The van der Waals surface area contributed by atoms with Crippen molar-refractivity contribution < 1.29 is 4.74 Å². The molecule has 1 aromatic rings. The number of rotatable bonds is 5. The second kappa shape index (κ2) is 6.47. The average molecular weight is 291 g/mol. The normalized spacial score (nSPS) is 25.6. The van der Waals surface area contributed by atoms with Crippen molar-refractivity contribution in [2.24, 2.45) is 0 Å². The van der Waals surface area contributed by atoms with Crippen LogP contribution in [0.2, 0.25) is 0 Å². The standard InChI is InChI=1S/C15H25N5O/c1-2-9-21-15-13(16)14(17-10-18-15)19-11-6-8-20-7-4-3-5-12(11)20/h10-12H,2-9,16H2,1H3,(H,17,18,19). The van der Waals surface area contributed by atoms with Gasteiger partial charge in [-0.3, -0.25) is 4.90 Å². The van der Waals surface area contributed by atoms with Gasteiger partial charge in [0.1, 0.15) is 12.0 Å². The summed E-state index contributed by atoms with van der Waals surface area (Å²) in [7, 11) is 0. The average Bonchev–Trinajstić information content (AvgIpc) is 2.91. The first-order valence-electron chi connectivity index (χ1n) is 8.03. The lowest BCUT2D eigenvalue weighted by Gasteiger charge is -2.32. The molecular formula is C15H25N5O. The van der Waals surface area contributed by atoms with Crippen molar-refractivity contribution in [3.63, 3.8) is 0 Å². The summed E-state index contributed by atoms with van der Waals surface area (Å²) in [4.78, 5) is 11.0. The number of hydrogen-bond acceptors (Lipinski definition) is 6. The minimum atomic E-state index is 0.432. The first-order chi connectivity index (χ1) is 10.3. The van der Waals surface area contributed by atoms with Crippen LogP contribution in [0.15, 0.2) is 6.33 Å². The second-order valence-corrected chi connectivity index (χ2v) is 5.93. The number of nitrogen functional groups attached to an aromatic ring is 1. The van der Waals surface area contributed by atoms with E-state index < -0.39 is 0 Å². The first-order valence-corrected chi connectivity index (χ1v) is 8.03. The van der Waals surface area contributed by atoms with Gasteiger partial charge in [-0.05, 0) is 32.2 Å². The molecular weight excluding hydrogens is 266 g/mol. The van der Waals surface area contributed by atoms with Gasteiger partial charge in [0, 0.05) is 18.6 Å². The van der Waals surface area contributed by atoms with E-state index in [9.17, 15) is 0 Å². The Labute approximate surface area is 126 Å². The lowest BCUT2D eigenvalue weighted by Crippen LogP contribution is -2.41. The third-order valence-electron chi connectivity index (χ3n) is 4.47. The molecule has 2 aliphatic rings. The lowest BCUT2D eigenvalue weighted by atomic mass is 9.99. The van der Waals surface area contributed by atoms with E-state index >= 15 is 0 Å². The molecule has 2 unspecified atom stereocenters. The Morgan fingerprint density at radius 3 is 3.10 bits per heavy atom. The fourth-order valence-corrected chi connectivity index (χ4v) is 3.40. The van der Waals surface area contributed by atoms with Crippen LogP contribution in [0.4, 0.5) is 11.5 Å². The van der Waals surface area contributed by atoms with E-state index in [-0.39, 0.29) is 0 Å². The molecule has 0 aromatic carbocycles. The number of hydrogen-bond donors (Lipinski definition) is 2. The van der Waals surface area contributed by atoms with Crippen LogP contribution in [0.3, 0.4) is 0 Å². The molecule has 0 aliphatic carbocycles. The molecule has 6 nitrogen and oxygen atoms in total. The molecule has 0 spiro atoms. The molecule has 0 radical (unpaired) electrons. The molecule has 3 rings (SSSR count). The van der Waals surface area contributed by atoms with E-state index in [1.54, 1.807) is 0 Å². The Hall–Kier alpha value is -1.56. The Morgan fingerprint density at radius 1 is 1.33 bits per heavy atom. The molecule has 3 N–H and O–H groups in total. The zero-order chi connectivity index (χ0) is 14.7. The maximum Gasteiger partial charge on any atom is 0.242 e. The monoisotopic (exact) mass is 291 g/mol. The summed E-state index contributed by atoms with van der Waals surface area (Å²) in [5.41, 5.74) is 6.67. The number of nitrogens with two attached hydrogens (primary N) is 1. The van der Waals surface area contributed by atoms with Crippen LogP contribution in [-0.4, -0.2) is 46.6 Å². The molecule has 2 saturated heterocycles. The van der Waals surface area contributed by atoms with Crippen molar-refractivity contribution in [2.45, 2.75) is 51.1 Å². The van der Waals surface area contributed by atoms with Crippen LogP contribution in [0.5, 0.6) is 5.88 Å². The van der Waals surface area contributed by atoms with Gasteiger partial charge < -0.3 is 15.8 Å². The molecule has 21 heavy (non-hydrogen) atoms. The van der Waals surface area contributed by atoms with Crippen molar-refractivity contribution in [3.8, 4) is 5.88 Å². The number of fused-ring (bicyclic) bond motifs is 1. The van der Waals surface area contributed by atoms with E-state index in [1.807, 2.05) is 0 Å². The minimum Gasteiger partial charge on any atom is -0.476 e. The highest BCUT2D eigenvalue weighted by molar-refractivity contribution is 5.66. The first kappa shape index (κ1) is 14.4. The number of nitrogens with zero attached hydrogens (tertiary/aromatic N) is 3. The molecule has 2 aliphatic heterocycles. The van der Waals surface area contributed by atoms with Gasteiger partial charge >= 0.3 is 0 Å². The smallest absolute Gasteiger partial charge is 0.242 e. The molecule has 0 saturated carbocycles. The Kier molecular flexibility index (Phi) is 4.43. The molecule has 2 atom stereocenters. The second-order valence-electron chi connectivity index (χ2n) is 5.93. The summed E-state index contributed by atoms with van der Waals surface area (Å²) in [6.45, 7) is 5.09. The number of piperidine rings is 1. The van der Waals surface area contributed by atoms with E-state index in [0.29, 0.717) is 36.1 Å². The third-order valence-corrected chi connectivity index (χ3v) is 4.47. The van der Waals surface area contributed by atoms with E-state index in [1.165, 1.54) is 38.7 Å². The molecule has 116 valence electrons. The molecule has 2 fully saturated rings. The zero-order valence-corrected chi connectivity index (χ0v) is 12.7. The van der Waals surface area contributed by atoms with Gasteiger partial charge in [-0.1, -0.05) is 13.3 Å². The summed E-state index contributed by atoms with van der Waals surface area (Å²) in [6.07, 6.45) is 7.53. The Bertz CT molecular complexity index is 481. The fourth-order valence-electron chi connectivity index (χ4n) is 3.40. The van der Waals surface area contributed by atoms with Crippen molar-refractivity contribution in [1.29, 1.82) is 0 Å². The number of nitrogens with one attached hydrogen (secondary N) is 1. The van der Waals surface area contributed by atoms with E-state index in [4.69, 9.17) is 10.5 Å². The van der Waals surface area contributed by atoms with Crippen LogP contribution < -0.4 is 15.8 Å². The predicted octanol–water partition coefficient (Wildman–Crippen LogP) is 1.89. The minimum absolute atomic E-state index is 0.432. The van der Waals surface area contributed by atoms with Crippen LogP contribution >= 0.6 is 0 Å². The summed E-state index contributed by atoms with van der Waals surface area (Å²) < 4.78 is 5.57. The lowest BCUT2D eigenvalue weighted by molar-refractivity contribution is 0.192. The largest absolute Gasteiger partial charge is 0.476 e. The highest BCUT2D eigenvalue weighted by Crippen LogP contribution is 2.31. The predicted molar refractivity (Wildman–Crippen MR) is 83.5 cm³/mol. The highest BCUT2D eigenvalue weighted by Gasteiger charge is 2.35. The molecule has 0 amide bonds. The maximum absolute atomic E-state index is 6.14. The van der Waals surface area contributed by atoms with Crippen LogP contribution in [0.1, 0.15) is 39.0 Å². The quantitative estimate of drug-likeness (QED) is 0.862. The highest BCUT2D eigenvalue weighted by atomic mass is 16.5. The Morgan fingerprint density at radius 2 is 2.24 bits per heavy atom. The van der Waals surface area contributed by atoms with Gasteiger partial charge in [0.25, 0.3) is 0 Å². The molecule has 3 heterocycles. The van der Waals surface area contributed by atoms with Crippen molar-refractivity contribution in [1.82, 2.24) is 14.9 Å². The zero-order valence-electron chi connectivity index (χ0n) is 12.7. The van der Waals surface area contributed by atoms with Crippen molar-refractivity contribution in [2.75, 3.05) is 30.7 Å². The Balaban J connectivity index is 1.70. The maximum atomic E-state index is 6.14. The van der Waals surface area contributed by atoms with Gasteiger partial charge in [-0.15, -0.1) is 0 Å². The van der Waals surface area contributed by atoms with E-state index in [0.717, 1.165) is 12.8 Å². The van der Waals surface area contributed by atoms with Gasteiger partial charge in [0.15, 0.2) is 5.82 Å².